The Morgan fingerprint density at radius 1 is 1.11 bits per heavy atom. The maximum Gasteiger partial charge on any atom is 0.251 e. The first kappa shape index (κ1) is 19.6. The first-order valence-corrected chi connectivity index (χ1v) is 9.32. The standard InChI is InChI=1S/C23H21ClN2O2/c1-16-7-9-18(10-8-16)22(27)21-6-4-14-26(21)13-3-5-17-11-12-19(24)15-20(17)23(28)25-2/h3-12,14-15H,13H2,1-2H3,(H,25,28). The first-order valence-electron chi connectivity index (χ1n) is 8.94. The van der Waals surface area contributed by atoms with Crippen LogP contribution in [0.2, 0.25) is 5.02 Å². The highest BCUT2D eigenvalue weighted by Crippen LogP contribution is 2.18. The summed E-state index contributed by atoms with van der Waals surface area (Å²) in [5.41, 5.74) is 3.67. The van der Waals surface area contributed by atoms with Gasteiger partial charge in [-0.3, -0.25) is 9.59 Å². The number of nitrogens with zero attached hydrogens (tertiary/aromatic N) is 1. The van der Waals surface area contributed by atoms with Crippen molar-refractivity contribution in [2.24, 2.45) is 0 Å². The molecule has 3 rings (SSSR count). The molecule has 142 valence electrons. The minimum absolute atomic E-state index is 0.0176. The van der Waals surface area contributed by atoms with Crippen LogP contribution in [0.25, 0.3) is 6.08 Å². The van der Waals surface area contributed by atoms with Gasteiger partial charge in [-0.2, -0.15) is 0 Å². The number of halogens is 1. The van der Waals surface area contributed by atoms with Crippen molar-refractivity contribution in [2.45, 2.75) is 13.5 Å². The monoisotopic (exact) mass is 392 g/mol. The molecule has 1 heterocycles. The summed E-state index contributed by atoms with van der Waals surface area (Å²) in [6.45, 7) is 2.50. The minimum Gasteiger partial charge on any atom is -0.355 e. The zero-order chi connectivity index (χ0) is 20.1. The van der Waals surface area contributed by atoms with E-state index in [0.717, 1.165) is 11.1 Å². The molecule has 1 N–H and O–H groups in total. The molecule has 0 saturated heterocycles. The third kappa shape index (κ3) is 4.41. The number of aromatic nitrogens is 1. The highest BCUT2D eigenvalue weighted by Gasteiger charge is 2.13. The highest BCUT2D eigenvalue weighted by atomic mass is 35.5. The summed E-state index contributed by atoms with van der Waals surface area (Å²) in [6.07, 6.45) is 5.65. The molecule has 0 fully saturated rings. The molecule has 0 unspecified atom stereocenters. The summed E-state index contributed by atoms with van der Waals surface area (Å²) in [4.78, 5) is 24.8. The van der Waals surface area contributed by atoms with Crippen LogP contribution >= 0.6 is 11.6 Å². The van der Waals surface area contributed by atoms with E-state index in [1.165, 1.54) is 0 Å². The maximum atomic E-state index is 12.8. The number of benzene rings is 2. The van der Waals surface area contributed by atoms with Gasteiger partial charge in [0.2, 0.25) is 5.78 Å². The Morgan fingerprint density at radius 3 is 2.57 bits per heavy atom. The number of rotatable bonds is 6. The second kappa shape index (κ2) is 8.72. The summed E-state index contributed by atoms with van der Waals surface area (Å²) in [6, 6.07) is 16.4. The average Bonchev–Trinajstić information content (AvgIpc) is 3.17. The molecule has 0 saturated carbocycles. The predicted octanol–water partition coefficient (Wildman–Crippen LogP) is 4.75. The van der Waals surface area contributed by atoms with Crippen molar-refractivity contribution in [3.63, 3.8) is 0 Å². The van der Waals surface area contributed by atoms with E-state index in [1.54, 1.807) is 25.2 Å². The number of carbonyl (C=O) groups is 2. The SMILES string of the molecule is CNC(=O)c1cc(Cl)ccc1C=CCn1cccc1C(=O)c1ccc(C)cc1. The number of allylic oxidation sites excluding steroid dienone is 1. The van der Waals surface area contributed by atoms with Gasteiger partial charge in [0.15, 0.2) is 0 Å². The Kier molecular flexibility index (Phi) is 6.12. The number of aryl methyl sites for hydroxylation is 1. The largest absolute Gasteiger partial charge is 0.355 e. The van der Waals surface area contributed by atoms with Gasteiger partial charge in [0.25, 0.3) is 5.91 Å². The van der Waals surface area contributed by atoms with Crippen LogP contribution in [0, 0.1) is 6.92 Å². The van der Waals surface area contributed by atoms with Crippen LogP contribution in [0.3, 0.4) is 0 Å². The van der Waals surface area contributed by atoms with Crippen LogP contribution in [0.4, 0.5) is 0 Å². The predicted molar refractivity (Wildman–Crippen MR) is 113 cm³/mol. The topological polar surface area (TPSA) is 51.1 Å². The number of carbonyl (C=O) groups excluding carboxylic acids is 2. The van der Waals surface area contributed by atoms with Crippen molar-refractivity contribution < 1.29 is 9.59 Å². The fraction of sp³-hybridized carbons (Fsp3) is 0.130. The molecule has 0 aliphatic carbocycles. The van der Waals surface area contributed by atoms with E-state index in [9.17, 15) is 9.59 Å². The summed E-state index contributed by atoms with van der Waals surface area (Å²) in [7, 11) is 1.58. The number of hydrogen-bond acceptors (Lipinski definition) is 2. The Labute approximate surface area is 169 Å². The molecule has 3 aromatic rings. The molecule has 0 aliphatic rings. The third-order valence-corrected chi connectivity index (χ3v) is 4.70. The van der Waals surface area contributed by atoms with Gasteiger partial charge in [-0.05, 0) is 36.8 Å². The van der Waals surface area contributed by atoms with Gasteiger partial charge in [-0.1, -0.05) is 59.6 Å². The molecule has 0 aliphatic heterocycles. The molecule has 1 amide bonds. The molecule has 4 nitrogen and oxygen atoms in total. The van der Waals surface area contributed by atoms with Crippen LogP contribution in [0.5, 0.6) is 0 Å². The Morgan fingerprint density at radius 2 is 1.86 bits per heavy atom. The second-order valence-electron chi connectivity index (χ2n) is 6.45. The smallest absolute Gasteiger partial charge is 0.251 e. The Bertz CT molecular complexity index is 1030. The van der Waals surface area contributed by atoms with E-state index in [0.29, 0.717) is 28.4 Å². The van der Waals surface area contributed by atoms with Crippen molar-refractivity contribution >= 4 is 29.4 Å². The van der Waals surface area contributed by atoms with E-state index in [4.69, 9.17) is 11.6 Å². The quantitative estimate of drug-likeness (QED) is 0.615. The lowest BCUT2D eigenvalue weighted by molar-refractivity contribution is 0.0962. The maximum absolute atomic E-state index is 12.8. The third-order valence-electron chi connectivity index (χ3n) is 4.46. The van der Waals surface area contributed by atoms with E-state index < -0.39 is 0 Å². The first-order chi connectivity index (χ1) is 13.5. The van der Waals surface area contributed by atoms with Gasteiger partial charge < -0.3 is 9.88 Å². The number of ketones is 1. The highest BCUT2D eigenvalue weighted by molar-refractivity contribution is 6.31. The van der Waals surface area contributed by atoms with Crippen molar-refractivity contribution in [1.82, 2.24) is 9.88 Å². The molecule has 0 radical (unpaired) electrons. The molecule has 1 aromatic heterocycles. The lowest BCUT2D eigenvalue weighted by Crippen LogP contribution is -2.18. The van der Waals surface area contributed by atoms with E-state index in [2.05, 4.69) is 5.32 Å². The van der Waals surface area contributed by atoms with Crippen LogP contribution < -0.4 is 5.32 Å². The van der Waals surface area contributed by atoms with Crippen LogP contribution in [-0.4, -0.2) is 23.3 Å². The summed E-state index contributed by atoms with van der Waals surface area (Å²) in [5, 5.41) is 3.12. The van der Waals surface area contributed by atoms with Gasteiger partial charge in [0, 0.05) is 35.9 Å². The lowest BCUT2D eigenvalue weighted by atomic mass is 10.1. The van der Waals surface area contributed by atoms with Gasteiger partial charge in [0.1, 0.15) is 0 Å². The molecule has 0 bridgehead atoms. The van der Waals surface area contributed by atoms with E-state index in [-0.39, 0.29) is 11.7 Å². The van der Waals surface area contributed by atoms with Crippen molar-refractivity contribution in [3.8, 4) is 0 Å². The van der Waals surface area contributed by atoms with Gasteiger partial charge in [-0.25, -0.2) is 0 Å². The molecule has 0 spiro atoms. The van der Waals surface area contributed by atoms with Crippen LogP contribution in [0.1, 0.15) is 37.5 Å². The summed E-state index contributed by atoms with van der Waals surface area (Å²) in [5.74, 6) is -0.214. The second-order valence-corrected chi connectivity index (χ2v) is 6.89. The fourth-order valence-electron chi connectivity index (χ4n) is 2.93. The molecule has 2 aromatic carbocycles. The fourth-order valence-corrected chi connectivity index (χ4v) is 3.10. The number of hydrogen-bond donors (Lipinski definition) is 1. The van der Waals surface area contributed by atoms with Crippen molar-refractivity contribution in [2.75, 3.05) is 7.05 Å². The zero-order valence-electron chi connectivity index (χ0n) is 15.8. The lowest BCUT2D eigenvalue weighted by Gasteiger charge is -2.08. The van der Waals surface area contributed by atoms with Gasteiger partial charge >= 0.3 is 0 Å². The number of nitrogens with one attached hydrogen (secondary N) is 1. The van der Waals surface area contributed by atoms with Crippen molar-refractivity contribution in [1.29, 1.82) is 0 Å². The average molecular weight is 393 g/mol. The van der Waals surface area contributed by atoms with Gasteiger partial charge in [-0.15, -0.1) is 0 Å². The molecular formula is C23H21ClN2O2. The number of amides is 1. The van der Waals surface area contributed by atoms with Crippen LogP contribution in [-0.2, 0) is 6.54 Å². The normalized spacial score (nSPS) is 11.0. The summed E-state index contributed by atoms with van der Waals surface area (Å²) >= 11 is 6.01. The minimum atomic E-state index is -0.196. The molecule has 5 heteroatoms. The molecule has 0 atom stereocenters. The van der Waals surface area contributed by atoms with Gasteiger partial charge in [0.05, 0.1) is 5.69 Å². The van der Waals surface area contributed by atoms with Crippen LogP contribution in [0.15, 0.2) is 66.9 Å². The zero-order valence-corrected chi connectivity index (χ0v) is 16.5. The Balaban J connectivity index is 1.80. The van der Waals surface area contributed by atoms with Crippen molar-refractivity contribution in [3.05, 3.63) is 99.8 Å². The van der Waals surface area contributed by atoms with E-state index >= 15 is 0 Å². The van der Waals surface area contributed by atoms with E-state index in [1.807, 2.05) is 66.2 Å². The molecular weight excluding hydrogens is 372 g/mol. The Hall–Kier alpha value is -3.11. The summed E-state index contributed by atoms with van der Waals surface area (Å²) < 4.78 is 1.88. The molecule has 28 heavy (non-hydrogen) atoms.